The number of guanidine groups is 1. The number of hydrogen-bond donors (Lipinski definition) is 3. The summed E-state index contributed by atoms with van der Waals surface area (Å²) in [6.07, 6.45) is -2.00. The SMILES string of the molecule is CCNC(=NCCCC(=O)NC1CC1)NCCC(F)(F)F.I. The first-order valence-electron chi connectivity index (χ1n) is 7.29. The Labute approximate surface area is 145 Å². The lowest BCUT2D eigenvalue weighted by atomic mass is 10.3. The molecule has 0 saturated heterocycles. The van der Waals surface area contributed by atoms with Crippen LogP contribution < -0.4 is 16.0 Å². The summed E-state index contributed by atoms with van der Waals surface area (Å²) in [5.74, 6) is 0.368. The Morgan fingerprint density at radius 3 is 2.50 bits per heavy atom. The Hall–Kier alpha value is -0.740. The maximum atomic E-state index is 12.1. The Morgan fingerprint density at radius 2 is 1.95 bits per heavy atom. The lowest BCUT2D eigenvalue weighted by molar-refractivity contribution is -0.132. The molecule has 0 unspecified atom stereocenters. The van der Waals surface area contributed by atoms with Crippen molar-refractivity contribution < 1.29 is 18.0 Å². The van der Waals surface area contributed by atoms with Gasteiger partial charge < -0.3 is 16.0 Å². The van der Waals surface area contributed by atoms with Crippen LogP contribution in [-0.2, 0) is 4.79 Å². The van der Waals surface area contributed by atoms with Gasteiger partial charge in [0, 0.05) is 32.1 Å². The van der Waals surface area contributed by atoms with Gasteiger partial charge in [0.2, 0.25) is 5.91 Å². The molecule has 22 heavy (non-hydrogen) atoms. The van der Waals surface area contributed by atoms with E-state index in [9.17, 15) is 18.0 Å². The van der Waals surface area contributed by atoms with E-state index in [2.05, 4.69) is 20.9 Å². The number of hydrogen-bond acceptors (Lipinski definition) is 2. The second kappa shape index (κ2) is 10.9. The summed E-state index contributed by atoms with van der Waals surface area (Å²) < 4.78 is 36.2. The Kier molecular flexibility index (Phi) is 10.5. The predicted molar refractivity (Wildman–Crippen MR) is 90.5 cm³/mol. The first-order chi connectivity index (χ1) is 9.90. The minimum Gasteiger partial charge on any atom is -0.357 e. The van der Waals surface area contributed by atoms with E-state index < -0.39 is 12.6 Å². The molecule has 0 bridgehead atoms. The molecule has 3 N–H and O–H groups in total. The van der Waals surface area contributed by atoms with E-state index in [-0.39, 0.29) is 36.4 Å². The van der Waals surface area contributed by atoms with Crippen LogP contribution in [0.1, 0.15) is 39.0 Å². The molecular formula is C13H24F3IN4O. The molecule has 0 radical (unpaired) electrons. The highest BCUT2D eigenvalue weighted by Gasteiger charge is 2.26. The highest BCUT2D eigenvalue weighted by molar-refractivity contribution is 14.0. The standard InChI is InChI=1S/C13H23F3N4O.HI/c1-2-17-12(19-9-7-13(14,15)16)18-8-3-4-11(21)20-10-5-6-10;/h10H,2-9H2,1H3,(H,20,21)(H2,17,18,19);1H. The minimum atomic E-state index is -4.18. The number of nitrogens with zero attached hydrogens (tertiary/aromatic N) is 1. The summed E-state index contributed by atoms with van der Waals surface area (Å²) in [6.45, 7) is 2.60. The molecule has 0 heterocycles. The third-order valence-electron chi connectivity index (χ3n) is 2.82. The molecule has 9 heteroatoms. The van der Waals surface area contributed by atoms with Gasteiger partial charge in [-0.3, -0.25) is 9.79 Å². The summed E-state index contributed by atoms with van der Waals surface area (Å²) in [4.78, 5) is 15.6. The van der Waals surface area contributed by atoms with Crippen molar-refractivity contribution in [3.63, 3.8) is 0 Å². The van der Waals surface area contributed by atoms with Gasteiger partial charge in [-0.2, -0.15) is 13.2 Å². The fraction of sp³-hybridized carbons (Fsp3) is 0.846. The van der Waals surface area contributed by atoms with Crippen molar-refractivity contribution in [3.05, 3.63) is 0 Å². The third-order valence-corrected chi connectivity index (χ3v) is 2.82. The van der Waals surface area contributed by atoms with Gasteiger partial charge in [0.25, 0.3) is 0 Å². The molecule has 1 saturated carbocycles. The number of rotatable bonds is 8. The van der Waals surface area contributed by atoms with Gasteiger partial charge in [0.15, 0.2) is 5.96 Å². The second-order valence-electron chi connectivity index (χ2n) is 5.00. The van der Waals surface area contributed by atoms with Gasteiger partial charge in [0.05, 0.1) is 6.42 Å². The van der Waals surface area contributed by atoms with Gasteiger partial charge in [0.1, 0.15) is 0 Å². The van der Waals surface area contributed by atoms with E-state index in [1.54, 1.807) is 0 Å². The Balaban J connectivity index is 0.00000441. The average molecular weight is 436 g/mol. The molecule has 1 aliphatic carbocycles. The lowest BCUT2D eigenvalue weighted by Gasteiger charge is -2.12. The Morgan fingerprint density at radius 1 is 1.27 bits per heavy atom. The van der Waals surface area contributed by atoms with Crippen LogP contribution in [0.15, 0.2) is 4.99 Å². The van der Waals surface area contributed by atoms with E-state index in [0.717, 1.165) is 12.8 Å². The van der Waals surface area contributed by atoms with Gasteiger partial charge in [-0.15, -0.1) is 24.0 Å². The molecule has 0 aliphatic heterocycles. The quantitative estimate of drug-likeness (QED) is 0.237. The molecule has 0 spiro atoms. The molecule has 1 fully saturated rings. The van der Waals surface area contributed by atoms with Crippen LogP contribution in [0.25, 0.3) is 0 Å². The van der Waals surface area contributed by atoms with Crippen molar-refractivity contribution >= 4 is 35.8 Å². The summed E-state index contributed by atoms with van der Waals surface area (Å²) >= 11 is 0. The van der Waals surface area contributed by atoms with Crippen LogP contribution in [0, 0.1) is 0 Å². The summed E-state index contributed by atoms with van der Waals surface area (Å²) in [7, 11) is 0. The number of alkyl halides is 3. The molecule has 0 aromatic heterocycles. The number of carbonyl (C=O) groups excluding carboxylic acids is 1. The molecular weight excluding hydrogens is 412 g/mol. The molecule has 130 valence electrons. The molecule has 0 aromatic rings. The van der Waals surface area contributed by atoms with Crippen LogP contribution in [0.2, 0.25) is 0 Å². The first kappa shape index (κ1) is 21.3. The van der Waals surface area contributed by atoms with Crippen molar-refractivity contribution in [2.75, 3.05) is 19.6 Å². The van der Waals surface area contributed by atoms with Gasteiger partial charge in [-0.05, 0) is 26.2 Å². The Bertz CT molecular complexity index is 360. The topological polar surface area (TPSA) is 65.5 Å². The molecule has 5 nitrogen and oxygen atoms in total. The number of aliphatic imine (C=N–C) groups is 1. The van der Waals surface area contributed by atoms with Crippen molar-refractivity contribution in [2.24, 2.45) is 4.99 Å². The van der Waals surface area contributed by atoms with Gasteiger partial charge in [-0.25, -0.2) is 0 Å². The van der Waals surface area contributed by atoms with Crippen molar-refractivity contribution in [3.8, 4) is 0 Å². The minimum absolute atomic E-state index is 0. The fourth-order valence-electron chi connectivity index (χ4n) is 1.62. The van der Waals surface area contributed by atoms with Crippen LogP contribution in [0.3, 0.4) is 0 Å². The zero-order chi connectivity index (χ0) is 15.7. The molecule has 0 aromatic carbocycles. The summed E-state index contributed by atoms with van der Waals surface area (Å²) in [5.41, 5.74) is 0. The zero-order valence-electron chi connectivity index (χ0n) is 12.6. The number of halogens is 4. The normalized spacial score (nSPS) is 15.0. The maximum absolute atomic E-state index is 12.1. The van der Waals surface area contributed by atoms with Crippen LogP contribution in [0.5, 0.6) is 0 Å². The number of carbonyl (C=O) groups is 1. The van der Waals surface area contributed by atoms with Crippen LogP contribution in [-0.4, -0.2) is 43.7 Å². The smallest absolute Gasteiger partial charge is 0.357 e. The van der Waals surface area contributed by atoms with E-state index in [0.29, 0.717) is 37.9 Å². The zero-order valence-corrected chi connectivity index (χ0v) is 15.0. The number of nitrogens with one attached hydrogen (secondary N) is 3. The van der Waals surface area contributed by atoms with Gasteiger partial charge in [-0.1, -0.05) is 0 Å². The summed E-state index contributed by atoms with van der Waals surface area (Å²) in [5, 5.41) is 8.37. The molecule has 1 amide bonds. The van der Waals surface area contributed by atoms with Crippen LogP contribution >= 0.6 is 24.0 Å². The molecule has 0 atom stereocenters. The predicted octanol–water partition coefficient (Wildman–Crippen LogP) is 2.17. The number of amides is 1. The highest BCUT2D eigenvalue weighted by atomic mass is 127. The van der Waals surface area contributed by atoms with E-state index in [1.165, 1.54) is 0 Å². The van der Waals surface area contributed by atoms with Crippen molar-refractivity contribution in [1.82, 2.24) is 16.0 Å². The lowest BCUT2D eigenvalue weighted by Crippen LogP contribution is -2.39. The monoisotopic (exact) mass is 436 g/mol. The van der Waals surface area contributed by atoms with E-state index >= 15 is 0 Å². The van der Waals surface area contributed by atoms with E-state index in [1.807, 2.05) is 6.92 Å². The molecule has 1 aliphatic rings. The highest BCUT2D eigenvalue weighted by Crippen LogP contribution is 2.19. The second-order valence-corrected chi connectivity index (χ2v) is 5.00. The summed E-state index contributed by atoms with van der Waals surface area (Å²) in [6, 6.07) is 0.349. The van der Waals surface area contributed by atoms with Gasteiger partial charge >= 0.3 is 6.18 Å². The maximum Gasteiger partial charge on any atom is 0.390 e. The molecule has 1 rings (SSSR count). The van der Waals surface area contributed by atoms with Crippen molar-refractivity contribution in [1.29, 1.82) is 0 Å². The third kappa shape index (κ3) is 11.9. The average Bonchev–Trinajstić information content (AvgIpc) is 3.17. The van der Waals surface area contributed by atoms with Crippen molar-refractivity contribution in [2.45, 2.75) is 51.2 Å². The fourth-order valence-corrected chi connectivity index (χ4v) is 1.62. The largest absolute Gasteiger partial charge is 0.390 e. The van der Waals surface area contributed by atoms with E-state index in [4.69, 9.17) is 0 Å². The van der Waals surface area contributed by atoms with Crippen LogP contribution in [0.4, 0.5) is 13.2 Å². The first-order valence-corrected chi connectivity index (χ1v) is 7.29.